The Morgan fingerprint density at radius 3 is 2.56 bits per heavy atom. The van der Waals surface area contributed by atoms with Crippen molar-refractivity contribution in [3.8, 4) is 28.9 Å². The smallest absolute Gasteiger partial charge is 0.234 e. The third kappa shape index (κ3) is 5.08. The Balaban J connectivity index is 1.62. The van der Waals surface area contributed by atoms with E-state index in [1.807, 2.05) is 37.3 Å². The van der Waals surface area contributed by atoms with Gasteiger partial charge in [-0.2, -0.15) is 5.26 Å². The number of carbonyl (C=O) groups is 1. The number of nitrogens with zero attached hydrogens (tertiary/aromatic N) is 4. The summed E-state index contributed by atoms with van der Waals surface area (Å²) in [6, 6.07) is 22.4. The van der Waals surface area contributed by atoms with Crippen LogP contribution in [0.1, 0.15) is 12.5 Å². The molecular weight excluding hydrogens is 453 g/mol. The number of carbonyl (C=O) groups excluding carboxylic acids is 1. The third-order valence-electron chi connectivity index (χ3n) is 4.80. The lowest BCUT2D eigenvalue weighted by Gasteiger charge is -2.12. The number of benzene rings is 3. The first-order chi connectivity index (χ1) is 16.6. The normalized spacial score (nSPS) is 10.5. The Morgan fingerprint density at radius 2 is 1.82 bits per heavy atom. The number of nitrogens with one attached hydrogen (secondary N) is 1. The molecule has 4 rings (SSSR count). The van der Waals surface area contributed by atoms with E-state index < -0.39 is 5.82 Å². The molecule has 9 heteroatoms. The zero-order valence-electron chi connectivity index (χ0n) is 18.2. The molecule has 3 aromatic carbocycles. The van der Waals surface area contributed by atoms with Crippen molar-refractivity contribution in [1.82, 2.24) is 14.8 Å². The Kier molecular flexibility index (Phi) is 7.20. The number of nitriles is 1. The van der Waals surface area contributed by atoms with Gasteiger partial charge in [0.2, 0.25) is 5.91 Å². The molecule has 1 amide bonds. The second-order valence-electron chi connectivity index (χ2n) is 7.04. The molecule has 7 nitrogen and oxygen atoms in total. The molecule has 4 aromatic rings. The highest BCUT2D eigenvalue weighted by Crippen LogP contribution is 2.30. The molecule has 34 heavy (non-hydrogen) atoms. The highest BCUT2D eigenvalue weighted by molar-refractivity contribution is 7.99. The quantitative estimate of drug-likeness (QED) is 0.359. The van der Waals surface area contributed by atoms with Crippen LogP contribution in [0, 0.1) is 17.1 Å². The van der Waals surface area contributed by atoms with Gasteiger partial charge < -0.3 is 10.1 Å². The molecule has 0 unspecified atom stereocenters. The van der Waals surface area contributed by atoms with Crippen LogP contribution in [-0.2, 0) is 4.79 Å². The third-order valence-corrected chi connectivity index (χ3v) is 5.73. The van der Waals surface area contributed by atoms with Gasteiger partial charge in [0.1, 0.15) is 17.6 Å². The predicted octanol–water partition coefficient (Wildman–Crippen LogP) is 5.07. The van der Waals surface area contributed by atoms with Crippen molar-refractivity contribution in [3.05, 3.63) is 84.2 Å². The fraction of sp³-hybridized carbons (Fsp3) is 0.120. The minimum atomic E-state index is -0.441. The standard InChI is InChI=1S/C25H20FN5O2S/c1-2-33-19-13-11-17(12-14-19)24-29-30-25(31(24)22-10-6-4-8-20(22)26)34-16-23(32)28-21-9-5-3-7-18(21)15-27/h3-14H,2,16H2,1H3,(H,28,32). The van der Waals surface area contributed by atoms with Crippen LogP contribution in [0.2, 0.25) is 0 Å². The first-order valence-electron chi connectivity index (χ1n) is 10.5. The van der Waals surface area contributed by atoms with Crippen LogP contribution in [0.3, 0.4) is 0 Å². The number of hydrogen-bond acceptors (Lipinski definition) is 6. The SMILES string of the molecule is CCOc1ccc(-c2nnc(SCC(=O)Nc3ccccc3C#N)n2-c2ccccc2F)cc1. The van der Waals surface area contributed by atoms with Crippen LogP contribution in [-0.4, -0.2) is 33.0 Å². The van der Waals surface area contributed by atoms with Gasteiger partial charge in [-0.25, -0.2) is 4.39 Å². The van der Waals surface area contributed by atoms with Crippen molar-refractivity contribution >= 4 is 23.4 Å². The van der Waals surface area contributed by atoms with Crippen LogP contribution in [0.25, 0.3) is 17.1 Å². The van der Waals surface area contributed by atoms with E-state index in [0.717, 1.165) is 17.3 Å². The van der Waals surface area contributed by atoms with E-state index in [4.69, 9.17) is 4.74 Å². The van der Waals surface area contributed by atoms with Crippen molar-refractivity contribution in [1.29, 1.82) is 5.26 Å². The van der Waals surface area contributed by atoms with Crippen molar-refractivity contribution in [3.63, 3.8) is 0 Å². The summed E-state index contributed by atoms with van der Waals surface area (Å²) in [5, 5.41) is 20.8. The van der Waals surface area contributed by atoms with E-state index in [1.54, 1.807) is 47.0 Å². The topological polar surface area (TPSA) is 92.8 Å². The van der Waals surface area contributed by atoms with Crippen LogP contribution < -0.4 is 10.1 Å². The monoisotopic (exact) mass is 473 g/mol. The van der Waals surface area contributed by atoms with Gasteiger partial charge in [0.15, 0.2) is 11.0 Å². The number of thioether (sulfide) groups is 1. The Hall–Kier alpha value is -4.16. The van der Waals surface area contributed by atoms with Gasteiger partial charge in [0.05, 0.1) is 29.3 Å². The number of ether oxygens (including phenoxy) is 1. The summed E-state index contributed by atoms with van der Waals surface area (Å²) in [5.41, 5.74) is 1.79. The molecule has 1 aromatic heterocycles. The molecule has 0 saturated heterocycles. The number of halogens is 1. The van der Waals surface area contributed by atoms with Gasteiger partial charge in [-0.15, -0.1) is 10.2 Å². The number of rotatable bonds is 8. The highest BCUT2D eigenvalue weighted by Gasteiger charge is 2.20. The molecular formula is C25H20FN5O2S. The molecule has 0 bridgehead atoms. The van der Waals surface area contributed by atoms with Crippen molar-refractivity contribution < 1.29 is 13.9 Å². The van der Waals surface area contributed by atoms with Gasteiger partial charge in [-0.3, -0.25) is 9.36 Å². The zero-order valence-corrected chi connectivity index (χ0v) is 19.1. The van der Waals surface area contributed by atoms with Crippen molar-refractivity contribution in [2.24, 2.45) is 0 Å². The van der Waals surface area contributed by atoms with E-state index in [-0.39, 0.29) is 17.3 Å². The molecule has 0 fully saturated rings. The summed E-state index contributed by atoms with van der Waals surface area (Å²) < 4.78 is 21.8. The number of amides is 1. The fourth-order valence-corrected chi connectivity index (χ4v) is 4.02. The molecule has 0 aliphatic heterocycles. The Morgan fingerprint density at radius 1 is 1.09 bits per heavy atom. The minimum Gasteiger partial charge on any atom is -0.494 e. The maximum absolute atomic E-state index is 14.7. The molecule has 0 aliphatic carbocycles. The van der Waals surface area contributed by atoms with Crippen LogP contribution in [0.5, 0.6) is 5.75 Å². The van der Waals surface area contributed by atoms with E-state index >= 15 is 0 Å². The van der Waals surface area contributed by atoms with E-state index in [9.17, 15) is 14.4 Å². The second-order valence-corrected chi connectivity index (χ2v) is 7.99. The summed E-state index contributed by atoms with van der Waals surface area (Å²) in [6.07, 6.45) is 0. The predicted molar refractivity (Wildman–Crippen MR) is 128 cm³/mol. The van der Waals surface area contributed by atoms with E-state index in [0.29, 0.717) is 34.6 Å². The highest BCUT2D eigenvalue weighted by atomic mass is 32.2. The second kappa shape index (κ2) is 10.6. The van der Waals surface area contributed by atoms with Gasteiger partial charge in [0, 0.05) is 5.56 Å². The van der Waals surface area contributed by atoms with Crippen molar-refractivity contribution in [2.45, 2.75) is 12.1 Å². The van der Waals surface area contributed by atoms with Gasteiger partial charge in [-0.05, 0) is 55.5 Å². The average Bonchev–Trinajstić information content (AvgIpc) is 3.28. The zero-order chi connectivity index (χ0) is 23.9. The molecule has 1 heterocycles. The largest absolute Gasteiger partial charge is 0.494 e. The van der Waals surface area contributed by atoms with Gasteiger partial charge in [-0.1, -0.05) is 36.0 Å². The summed E-state index contributed by atoms with van der Waals surface area (Å²) >= 11 is 1.12. The lowest BCUT2D eigenvalue weighted by Crippen LogP contribution is -2.15. The summed E-state index contributed by atoms with van der Waals surface area (Å²) in [5.74, 6) is 0.385. The molecule has 1 N–H and O–H groups in total. The molecule has 0 saturated carbocycles. The first kappa shape index (κ1) is 23.0. The number of para-hydroxylation sites is 2. The molecule has 0 atom stereocenters. The summed E-state index contributed by atoms with van der Waals surface area (Å²) in [7, 11) is 0. The molecule has 0 aliphatic rings. The van der Waals surface area contributed by atoms with E-state index in [1.165, 1.54) is 6.07 Å². The average molecular weight is 474 g/mol. The lowest BCUT2D eigenvalue weighted by atomic mass is 10.2. The minimum absolute atomic E-state index is 0.00434. The molecule has 0 radical (unpaired) electrons. The van der Waals surface area contributed by atoms with Crippen molar-refractivity contribution in [2.75, 3.05) is 17.7 Å². The Labute approximate surface area is 200 Å². The molecule has 0 spiro atoms. The van der Waals surface area contributed by atoms with Crippen LogP contribution in [0.15, 0.2) is 78.0 Å². The maximum Gasteiger partial charge on any atom is 0.234 e. The van der Waals surface area contributed by atoms with Crippen LogP contribution >= 0.6 is 11.8 Å². The summed E-state index contributed by atoms with van der Waals surface area (Å²) in [6.45, 7) is 2.45. The number of hydrogen-bond donors (Lipinski definition) is 1. The van der Waals surface area contributed by atoms with Gasteiger partial charge >= 0.3 is 0 Å². The summed E-state index contributed by atoms with van der Waals surface area (Å²) in [4.78, 5) is 12.6. The van der Waals surface area contributed by atoms with Crippen LogP contribution in [0.4, 0.5) is 10.1 Å². The maximum atomic E-state index is 14.7. The fourth-order valence-electron chi connectivity index (χ4n) is 3.27. The number of anilines is 1. The number of aromatic nitrogens is 3. The van der Waals surface area contributed by atoms with E-state index in [2.05, 4.69) is 15.5 Å². The van der Waals surface area contributed by atoms with Gasteiger partial charge in [0.25, 0.3) is 0 Å². The molecule has 170 valence electrons. The lowest BCUT2D eigenvalue weighted by molar-refractivity contribution is -0.113. The first-order valence-corrected chi connectivity index (χ1v) is 11.4. The Bertz CT molecular complexity index is 1350.